The Bertz CT molecular complexity index is 512. The standard InChI is InChI=1S/C15H25N3O3/c1-14(2)4-6-15(21,7-5-14)10-16-9-12-11(13(19)20)8-17-18(12)3/h8,16,21H,4-7,9-10H2,1-3H3,(H,19,20). The van der Waals surface area contributed by atoms with Crippen LogP contribution in [0.3, 0.4) is 0 Å². The van der Waals surface area contributed by atoms with Crippen molar-refractivity contribution >= 4 is 5.97 Å². The molecule has 0 aromatic carbocycles. The molecule has 6 nitrogen and oxygen atoms in total. The molecule has 21 heavy (non-hydrogen) atoms. The van der Waals surface area contributed by atoms with Crippen LogP contribution in [0, 0.1) is 5.41 Å². The number of rotatable bonds is 5. The Morgan fingerprint density at radius 3 is 2.57 bits per heavy atom. The first-order valence-electron chi connectivity index (χ1n) is 7.40. The van der Waals surface area contributed by atoms with Gasteiger partial charge in [0, 0.05) is 20.1 Å². The Morgan fingerprint density at radius 1 is 1.38 bits per heavy atom. The van der Waals surface area contributed by atoms with Gasteiger partial charge in [0.15, 0.2) is 0 Å². The predicted octanol–water partition coefficient (Wildman–Crippen LogP) is 1.54. The second-order valence-electron chi connectivity index (χ2n) is 6.93. The van der Waals surface area contributed by atoms with E-state index < -0.39 is 11.6 Å². The van der Waals surface area contributed by atoms with Crippen LogP contribution in [-0.2, 0) is 13.6 Å². The summed E-state index contributed by atoms with van der Waals surface area (Å²) in [5.74, 6) is -0.974. The fraction of sp³-hybridized carbons (Fsp3) is 0.733. The van der Waals surface area contributed by atoms with Crippen LogP contribution in [0.4, 0.5) is 0 Å². The maximum atomic E-state index is 11.1. The smallest absolute Gasteiger partial charge is 0.339 e. The molecule has 1 heterocycles. The number of hydrogen-bond donors (Lipinski definition) is 3. The average molecular weight is 295 g/mol. The van der Waals surface area contributed by atoms with Crippen molar-refractivity contribution in [3.05, 3.63) is 17.5 Å². The van der Waals surface area contributed by atoms with Gasteiger partial charge < -0.3 is 15.5 Å². The van der Waals surface area contributed by atoms with Gasteiger partial charge in [-0.15, -0.1) is 0 Å². The van der Waals surface area contributed by atoms with Crippen LogP contribution in [0.15, 0.2) is 6.20 Å². The lowest BCUT2D eigenvalue weighted by Gasteiger charge is -2.40. The molecule has 0 atom stereocenters. The predicted molar refractivity (Wildman–Crippen MR) is 79.1 cm³/mol. The number of carboxylic acids is 1. The number of aryl methyl sites for hydroxylation is 1. The fourth-order valence-electron chi connectivity index (χ4n) is 2.83. The Labute approximate surface area is 125 Å². The summed E-state index contributed by atoms with van der Waals surface area (Å²) < 4.78 is 1.56. The summed E-state index contributed by atoms with van der Waals surface area (Å²) in [7, 11) is 1.72. The average Bonchev–Trinajstić information content (AvgIpc) is 2.76. The molecule has 1 aromatic rings. The Balaban J connectivity index is 1.90. The van der Waals surface area contributed by atoms with E-state index in [1.807, 2.05) is 0 Å². The van der Waals surface area contributed by atoms with Gasteiger partial charge in [0.05, 0.1) is 17.5 Å². The number of aromatic nitrogens is 2. The summed E-state index contributed by atoms with van der Waals surface area (Å²) in [6, 6.07) is 0. The van der Waals surface area contributed by atoms with Crippen LogP contribution >= 0.6 is 0 Å². The van der Waals surface area contributed by atoms with Crippen molar-refractivity contribution in [3.8, 4) is 0 Å². The highest BCUT2D eigenvalue weighted by Crippen LogP contribution is 2.39. The Kier molecular flexibility index (Phi) is 4.39. The van der Waals surface area contributed by atoms with E-state index >= 15 is 0 Å². The van der Waals surface area contributed by atoms with Crippen molar-refractivity contribution in [1.29, 1.82) is 0 Å². The largest absolute Gasteiger partial charge is 0.478 e. The fourth-order valence-corrected chi connectivity index (χ4v) is 2.83. The molecule has 118 valence electrons. The minimum Gasteiger partial charge on any atom is -0.478 e. The van der Waals surface area contributed by atoms with Crippen molar-refractivity contribution in [1.82, 2.24) is 15.1 Å². The lowest BCUT2D eigenvalue weighted by atomic mass is 9.71. The molecule has 0 unspecified atom stereocenters. The lowest BCUT2D eigenvalue weighted by molar-refractivity contribution is -0.0246. The van der Waals surface area contributed by atoms with E-state index in [0.29, 0.717) is 24.2 Å². The molecule has 0 saturated heterocycles. The second kappa shape index (κ2) is 5.77. The highest BCUT2D eigenvalue weighted by molar-refractivity contribution is 5.88. The zero-order valence-electron chi connectivity index (χ0n) is 13.0. The van der Waals surface area contributed by atoms with Crippen LogP contribution in [0.2, 0.25) is 0 Å². The quantitative estimate of drug-likeness (QED) is 0.767. The van der Waals surface area contributed by atoms with E-state index in [1.54, 1.807) is 11.7 Å². The molecule has 0 bridgehead atoms. The Hall–Kier alpha value is -1.40. The summed E-state index contributed by atoms with van der Waals surface area (Å²) >= 11 is 0. The van der Waals surface area contributed by atoms with Gasteiger partial charge in [0.2, 0.25) is 0 Å². The molecule has 1 aliphatic carbocycles. The van der Waals surface area contributed by atoms with E-state index in [-0.39, 0.29) is 5.56 Å². The molecule has 0 aliphatic heterocycles. The summed E-state index contributed by atoms with van der Waals surface area (Å²) in [5.41, 5.74) is 0.464. The first-order chi connectivity index (χ1) is 9.72. The van der Waals surface area contributed by atoms with E-state index in [1.165, 1.54) is 6.20 Å². The van der Waals surface area contributed by atoms with Gasteiger partial charge in [-0.2, -0.15) is 5.10 Å². The molecule has 3 N–H and O–H groups in total. The molecule has 0 radical (unpaired) electrons. The van der Waals surface area contributed by atoms with E-state index in [4.69, 9.17) is 5.11 Å². The molecule has 6 heteroatoms. The minimum atomic E-state index is -0.974. The van der Waals surface area contributed by atoms with Gasteiger partial charge in [-0.1, -0.05) is 13.8 Å². The molecule has 1 fully saturated rings. The second-order valence-corrected chi connectivity index (χ2v) is 6.93. The van der Waals surface area contributed by atoms with Crippen LogP contribution in [0.5, 0.6) is 0 Å². The van der Waals surface area contributed by atoms with Gasteiger partial charge in [-0.3, -0.25) is 4.68 Å². The summed E-state index contributed by atoms with van der Waals surface area (Å²) in [4.78, 5) is 11.1. The van der Waals surface area contributed by atoms with E-state index in [9.17, 15) is 9.90 Å². The zero-order chi connectivity index (χ0) is 15.7. The first-order valence-corrected chi connectivity index (χ1v) is 7.40. The van der Waals surface area contributed by atoms with Gasteiger partial charge in [-0.05, 0) is 31.1 Å². The SMILES string of the molecule is Cn1ncc(C(=O)O)c1CNCC1(O)CCC(C)(C)CC1. The van der Waals surface area contributed by atoms with Crippen molar-refractivity contribution in [3.63, 3.8) is 0 Å². The van der Waals surface area contributed by atoms with Gasteiger partial charge >= 0.3 is 5.97 Å². The number of nitrogens with one attached hydrogen (secondary N) is 1. The number of carbonyl (C=O) groups is 1. The molecular weight excluding hydrogens is 270 g/mol. The number of nitrogens with zero attached hydrogens (tertiary/aromatic N) is 2. The third-order valence-electron chi connectivity index (χ3n) is 4.57. The highest BCUT2D eigenvalue weighted by Gasteiger charge is 2.36. The summed E-state index contributed by atoms with van der Waals surface area (Å²) in [6.07, 6.45) is 4.94. The van der Waals surface area contributed by atoms with Crippen molar-refractivity contribution in [2.75, 3.05) is 6.54 Å². The number of aromatic carboxylic acids is 1. The van der Waals surface area contributed by atoms with E-state index in [0.717, 1.165) is 25.7 Å². The number of aliphatic hydroxyl groups is 1. The molecule has 1 aromatic heterocycles. The van der Waals surface area contributed by atoms with Crippen LogP contribution in [0.1, 0.15) is 55.6 Å². The van der Waals surface area contributed by atoms with Gasteiger partial charge in [0.25, 0.3) is 0 Å². The van der Waals surface area contributed by atoms with Crippen LogP contribution in [0.25, 0.3) is 0 Å². The normalized spacial score (nSPS) is 20.4. The third-order valence-corrected chi connectivity index (χ3v) is 4.57. The maximum Gasteiger partial charge on any atom is 0.339 e. The zero-order valence-corrected chi connectivity index (χ0v) is 13.0. The van der Waals surface area contributed by atoms with Crippen molar-refractivity contribution in [2.45, 2.75) is 51.7 Å². The molecule has 0 amide bonds. The minimum absolute atomic E-state index is 0.210. The highest BCUT2D eigenvalue weighted by atomic mass is 16.4. The van der Waals surface area contributed by atoms with Crippen molar-refractivity contribution in [2.24, 2.45) is 12.5 Å². The monoisotopic (exact) mass is 295 g/mol. The van der Waals surface area contributed by atoms with Gasteiger partial charge in [0.1, 0.15) is 5.56 Å². The topological polar surface area (TPSA) is 87.4 Å². The Morgan fingerprint density at radius 2 is 2.00 bits per heavy atom. The maximum absolute atomic E-state index is 11.1. The molecular formula is C15H25N3O3. The molecule has 0 spiro atoms. The lowest BCUT2D eigenvalue weighted by Crippen LogP contribution is -2.45. The van der Waals surface area contributed by atoms with E-state index in [2.05, 4.69) is 24.3 Å². The number of carboxylic acid groups (broad SMARTS) is 1. The van der Waals surface area contributed by atoms with Crippen LogP contribution in [-0.4, -0.2) is 38.1 Å². The first kappa shape index (κ1) is 16.0. The third kappa shape index (κ3) is 3.83. The molecule has 1 saturated carbocycles. The summed E-state index contributed by atoms with van der Waals surface area (Å²) in [5, 5.41) is 26.8. The van der Waals surface area contributed by atoms with Crippen LogP contribution < -0.4 is 5.32 Å². The summed E-state index contributed by atoms with van der Waals surface area (Å²) in [6.45, 7) is 5.33. The van der Waals surface area contributed by atoms with Gasteiger partial charge in [-0.25, -0.2) is 4.79 Å². The van der Waals surface area contributed by atoms with Crippen molar-refractivity contribution < 1.29 is 15.0 Å². The number of hydrogen-bond acceptors (Lipinski definition) is 4. The molecule has 1 aliphatic rings. The molecule has 2 rings (SSSR count).